The van der Waals surface area contributed by atoms with Crippen LogP contribution in [-0.4, -0.2) is 22.1 Å². The van der Waals surface area contributed by atoms with Crippen LogP contribution < -0.4 is 10.1 Å². The van der Waals surface area contributed by atoms with Gasteiger partial charge >= 0.3 is 0 Å². The van der Waals surface area contributed by atoms with Crippen LogP contribution in [0.2, 0.25) is 0 Å². The van der Waals surface area contributed by atoms with E-state index < -0.39 is 0 Å². The van der Waals surface area contributed by atoms with Crippen LogP contribution >= 0.6 is 0 Å². The highest BCUT2D eigenvalue weighted by atomic mass is 16.5. The van der Waals surface area contributed by atoms with Crippen LogP contribution in [0.25, 0.3) is 11.0 Å². The Labute approximate surface area is 194 Å². The van der Waals surface area contributed by atoms with E-state index in [0.29, 0.717) is 26.1 Å². The first-order valence-electron chi connectivity index (χ1n) is 11.3. The number of aromatic nitrogens is 2. The molecule has 5 heteroatoms. The van der Waals surface area contributed by atoms with Crippen molar-refractivity contribution in [1.82, 2.24) is 14.9 Å². The zero-order valence-electron chi connectivity index (χ0n) is 18.7. The summed E-state index contributed by atoms with van der Waals surface area (Å²) < 4.78 is 8.22. The van der Waals surface area contributed by atoms with E-state index >= 15 is 0 Å². The molecule has 3 aromatic carbocycles. The van der Waals surface area contributed by atoms with Crippen molar-refractivity contribution < 1.29 is 9.53 Å². The summed E-state index contributed by atoms with van der Waals surface area (Å²) in [6, 6.07) is 26.1. The van der Waals surface area contributed by atoms with E-state index in [-0.39, 0.29) is 5.91 Å². The number of rotatable bonds is 11. The van der Waals surface area contributed by atoms with Crippen LogP contribution in [0.3, 0.4) is 0 Å². The number of amides is 1. The van der Waals surface area contributed by atoms with Gasteiger partial charge in [0.15, 0.2) is 0 Å². The third-order valence-corrected chi connectivity index (χ3v) is 5.57. The maximum Gasteiger partial charge on any atom is 0.220 e. The van der Waals surface area contributed by atoms with Gasteiger partial charge in [0.2, 0.25) is 5.91 Å². The molecule has 5 nitrogen and oxygen atoms in total. The van der Waals surface area contributed by atoms with Crippen LogP contribution in [0.4, 0.5) is 0 Å². The van der Waals surface area contributed by atoms with Gasteiger partial charge in [-0.1, -0.05) is 66.7 Å². The van der Waals surface area contributed by atoms with Gasteiger partial charge in [0, 0.05) is 6.42 Å². The molecule has 0 saturated heterocycles. The maximum atomic E-state index is 12.4. The molecule has 1 amide bonds. The van der Waals surface area contributed by atoms with Gasteiger partial charge in [-0.15, -0.1) is 6.58 Å². The monoisotopic (exact) mass is 439 g/mol. The number of ether oxygens (including phenoxy) is 1. The predicted octanol–water partition coefficient (Wildman–Crippen LogP) is 5.09. The van der Waals surface area contributed by atoms with Gasteiger partial charge in [0.05, 0.1) is 24.1 Å². The Morgan fingerprint density at radius 1 is 1.00 bits per heavy atom. The number of nitrogens with one attached hydrogen (secondary N) is 1. The Morgan fingerprint density at radius 2 is 1.76 bits per heavy atom. The van der Waals surface area contributed by atoms with Crippen molar-refractivity contribution >= 4 is 16.9 Å². The van der Waals surface area contributed by atoms with Crippen molar-refractivity contribution in [2.45, 2.75) is 32.4 Å². The molecule has 1 heterocycles. The first-order chi connectivity index (χ1) is 16.2. The number of hydrogen-bond acceptors (Lipinski definition) is 3. The molecule has 1 aromatic heterocycles. The minimum atomic E-state index is 0.0204. The molecule has 1 N–H and O–H groups in total. The second-order valence-corrected chi connectivity index (χ2v) is 7.88. The number of para-hydroxylation sites is 3. The lowest BCUT2D eigenvalue weighted by molar-refractivity contribution is -0.121. The van der Waals surface area contributed by atoms with Crippen LogP contribution in [0.5, 0.6) is 5.75 Å². The zero-order valence-corrected chi connectivity index (χ0v) is 18.7. The van der Waals surface area contributed by atoms with Crippen molar-refractivity contribution in [2.75, 3.05) is 6.61 Å². The first kappa shape index (κ1) is 22.3. The van der Waals surface area contributed by atoms with E-state index in [1.807, 2.05) is 72.8 Å². The average molecular weight is 440 g/mol. The zero-order chi connectivity index (χ0) is 22.9. The Kier molecular flexibility index (Phi) is 7.54. The largest absolute Gasteiger partial charge is 0.491 e. The Morgan fingerprint density at radius 3 is 2.61 bits per heavy atom. The molecule has 4 aromatic rings. The van der Waals surface area contributed by atoms with Crippen molar-refractivity contribution in [1.29, 1.82) is 0 Å². The smallest absolute Gasteiger partial charge is 0.220 e. The van der Waals surface area contributed by atoms with Gasteiger partial charge in [0.25, 0.3) is 0 Å². The molecule has 0 radical (unpaired) electrons. The van der Waals surface area contributed by atoms with Gasteiger partial charge in [-0.25, -0.2) is 4.98 Å². The summed E-state index contributed by atoms with van der Waals surface area (Å²) in [5.74, 6) is 1.72. The van der Waals surface area contributed by atoms with Crippen LogP contribution in [0.15, 0.2) is 91.5 Å². The number of aryl methyl sites for hydroxylation is 1. The van der Waals surface area contributed by atoms with E-state index in [9.17, 15) is 4.79 Å². The maximum absolute atomic E-state index is 12.4. The van der Waals surface area contributed by atoms with E-state index in [1.165, 1.54) is 0 Å². The molecule has 0 aliphatic heterocycles. The summed E-state index contributed by atoms with van der Waals surface area (Å²) in [4.78, 5) is 17.2. The predicted molar refractivity (Wildman–Crippen MR) is 132 cm³/mol. The number of hydrogen-bond donors (Lipinski definition) is 1. The Balaban J connectivity index is 1.40. The highest BCUT2D eigenvalue weighted by Crippen LogP contribution is 2.20. The lowest BCUT2D eigenvalue weighted by Gasteiger charge is -2.13. The summed E-state index contributed by atoms with van der Waals surface area (Å²) in [5, 5.41) is 3.03. The normalized spacial score (nSPS) is 10.8. The summed E-state index contributed by atoms with van der Waals surface area (Å²) in [7, 11) is 0. The number of carbonyl (C=O) groups excluding carboxylic acids is 1. The average Bonchev–Trinajstić information content (AvgIpc) is 3.21. The van der Waals surface area contributed by atoms with Gasteiger partial charge in [-0.2, -0.15) is 0 Å². The van der Waals surface area contributed by atoms with Crippen molar-refractivity contribution in [3.05, 3.63) is 108 Å². The summed E-state index contributed by atoms with van der Waals surface area (Å²) in [5.41, 5.74) is 4.23. The molecular weight excluding hydrogens is 410 g/mol. The second-order valence-electron chi connectivity index (χ2n) is 7.88. The third kappa shape index (κ3) is 5.89. The van der Waals surface area contributed by atoms with E-state index in [2.05, 4.69) is 28.6 Å². The molecule has 0 bridgehead atoms. The standard InChI is InChI=1S/C28H29N3O2/c1-2-10-23-13-6-9-16-26(23)33-20-19-31-25-15-8-7-14-24(25)30-27(31)21-29-28(32)18-17-22-11-4-3-5-12-22/h2-9,11-16H,1,10,17-21H2,(H,29,32). The molecule has 4 rings (SSSR count). The lowest BCUT2D eigenvalue weighted by Crippen LogP contribution is -2.25. The van der Waals surface area contributed by atoms with Crippen molar-refractivity contribution in [3.8, 4) is 5.75 Å². The number of allylic oxidation sites excluding steroid dienone is 1. The summed E-state index contributed by atoms with van der Waals surface area (Å²) in [6.07, 6.45) is 3.82. The number of carbonyl (C=O) groups is 1. The van der Waals surface area contributed by atoms with E-state index in [0.717, 1.165) is 46.6 Å². The van der Waals surface area contributed by atoms with Crippen molar-refractivity contribution in [3.63, 3.8) is 0 Å². The number of nitrogens with zero attached hydrogens (tertiary/aromatic N) is 2. The Hall–Kier alpha value is -3.86. The molecule has 33 heavy (non-hydrogen) atoms. The molecule has 168 valence electrons. The van der Waals surface area contributed by atoms with Gasteiger partial charge in [-0.3, -0.25) is 4.79 Å². The molecule has 0 spiro atoms. The molecule has 0 unspecified atom stereocenters. The summed E-state index contributed by atoms with van der Waals surface area (Å²) >= 11 is 0. The lowest BCUT2D eigenvalue weighted by atomic mass is 10.1. The third-order valence-electron chi connectivity index (χ3n) is 5.57. The van der Waals surface area contributed by atoms with Crippen LogP contribution in [-0.2, 0) is 30.7 Å². The highest BCUT2D eigenvalue weighted by molar-refractivity contribution is 5.77. The molecule has 0 saturated carbocycles. The quantitative estimate of drug-likeness (QED) is 0.331. The second kappa shape index (κ2) is 11.1. The van der Waals surface area contributed by atoms with E-state index in [4.69, 9.17) is 9.72 Å². The topological polar surface area (TPSA) is 56.1 Å². The molecule has 0 aliphatic carbocycles. The van der Waals surface area contributed by atoms with Gasteiger partial charge in [-0.05, 0) is 42.2 Å². The molecule has 0 aliphatic rings. The Bertz CT molecular complexity index is 1210. The van der Waals surface area contributed by atoms with Crippen LogP contribution in [0.1, 0.15) is 23.4 Å². The summed E-state index contributed by atoms with van der Waals surface area (Å²) in [6.45, 7) is 5.35. The number of benzene rings is 3. The number of fused-ring (bicyclic) bond motifs is 1. The fourth-order valence-corrected chi connectivity index (χ4v) is 3.89. The van der Waals surface area contributed by atoms with E-state index in [1.54, 1.807) is 0 Å². The minimum Gasteiger partial charge on any atom is -0.491 e. The van der Waals surface area contributed by atoms with Gasteiger partial charge < -0.3 is 14.6 Å². The SMILES string of the molecule is C=CCc1ccccc1OCCn1c(CNC(=O)CCc2ccccc2)nc2ccccc21. The highest BCUT2D eigenvalue weighted by Gasteiger charge is 2.12. The van der Waals surface area contributed by atoms with Gasteiger partial charge in [0.1, 0.15) is 18.2 Å². The molecule has 0 fully saturated rings. The van der Waals surface area contributed by atoms with Crippen molar-refractivity contribution in [2.24, 2.45) is 0 Å². The minimum absolute atomic E-state index is 0.0204. The number of imidazole rings is 1. The molecule has 0 atom stereocenters. The fraction of sp³-hybridized carbons (Fsp3) is 0.214. The first-order valence-corrected chi connectivity index (χ1v) is 11.3. The fourth-order valence-electron chi connectivity index (χ4n) is 3.89. The van der Waals surface area contributed by atoms with Crippen LogP contribution in [0, 0.1) is 0 Å². The molecular formula is C28H29N3O2.